The van der Waals surface area contributed by atoms with Crippen LogP contribution < -0.4 is 11.1 Å². The van der Waals surface area contributed by atoms with Gasteiger partial charge in [0.05, 0.1) is 0 Å². The van der Waals surface area contributed by atoms with Gasteiger partial charge in [-0.25, -0.2) is 4.98 Å². The molecule has 4 rings (SSSR count). The first-order valence-corrected chi connectivity index (χ1v) is 11.1. The number of imidazole rings is 1. The minimum Gasteiger partial charge on any atom is -0.350 e. The van der Waals surface area contributed by atoms with Crippen LogP contribution in [0.5, 0.6) is 0 Å². The number of rotatable bonds is 7. The van der Waals surface area contributed by atoms with Crippen LogP contribution in [-0.4, -0.2) is 56.8 Å². The monoisotopic (exact) mass is 434 g/mol. The van der Waals surface area contributed by atoms with Crippen LogP contribution in [0.1, 0.15) is 59.1 Å². The Morgan fingerprint density at radius 3 is 2.78 bits per heavy atom. The molecule has 1 aliphatic heterocycles. The van der Waals surface area contributed by atoms with Gasteiger partial charge in [0, 0.05) is 50.2 Å². The van der Waals surface area contributed by atoms with Crippen molar-refractivity contribution in [2.45, 2.75) is 38.6 Å². The molecule has 0 bridgehead atoms. The summed E-state index contributed by atoms with van der Waals surface area (Å²) in [7, 11) is 0. The van der Waals surface area contributed by atoms with Crippen molar-refractivity contribution in [3.8, 4) is 0 Å². The summed E-state index contributed by atoms with van der Waals surface area (Å²) in [4.78, 5) is 36.3. The molecular weight excluding hydrogens is 404 g/mol. The fourth-order valence-electron chi connectivity index (χ4n) is 4.26. The Kier molecular flexibility index (Phi) is 6.50. The second-order valence-electron chi connectivity index (χ2n) is 8.89. The highest BCUT2D eigenvalue weighted by atomic mass is 16.2. The van der Waals surface area contributed by atoms with Crippen LogP contribution in [0.4, 0.5) is 0 Å². The Balaban J connectivity index is 1.51. The third-order valence-electron chi connectivity index (χ3n) is 5.88. The van der Waals surface area contributed by atoms with Crippen LogP contribution in [0.2, 0.25) is 0 Å². The highest BCUT2D eigenvalue weighted by molar-refractivity contribution is 5.95. The van der Waals surface area contributed by atoms with Crippen LogP contribution in [0.3, 0.4) is 0 Å². The lowest BCUT2D eigenvalue weighted by Gasteiger charge is -2.20. The first-order chi connectivity index (χ1) is 15.4. The number of fused-ring (bicyclic) bond motifs is 1. The van der Waals surface area contributed by atoms with Crippen LogP contribution in [0.15, 0.2) is 48.9 Å². The summed E-state index contributed by atoms with van der Waals surface area (Å²) >= 11 is 0. The van der Waals surface area contributed by atoms with Gasteiger partial charge in [0.15, 0.2) is 0 Å². The number of aromatic nitrogens is 3. The molecular formula is C24H30N6O2. The molecule has 32 heavy (non-hydrogen) atoms. The Morgan fingerprint density at radius 1 is 1.25 bits per heavy atom. The van der Waals surface area contributed by atoms with Gasteiger partial charge in [-0.2, -0.15) is 0 Å². The fourth-order valence-corrected chi connectivity index (χ4v) is 4.26. The van der Waals surface area contributed by atoms with Gasteiger partial charge in [-0.05, 0) is 42.5 Å². The second-order valence-corrected chi connectivity index (χ2v) is 8.89. The molecule has 0 aromatic carbocycles. The predicted molar refractivity (Wildman–Crippen MR) is 122 cm³/mol. The maximum absolute atomic E-state index is 13.1. The molecule has 0 saturated carbocycles. The zero-order valence-electron chi connectivity index (χ0n) is 18.6. The summed E-state index contributed by atoms with van der Waals surface area (Å²) in [5, 5.41) is 3.07. The van der Waals surface area contributed by atoms with Crippen LogP contribution in [0.25, 0.3) is 5.65 Å². The van der Waals surface area contributed by atoms with Crippen molar-refractivity contribution in [3.05, 3.63) is 65.9 Å². The van der Waals surface area contributed by atoms with Gasteiger partial charge in [0.2, 0.25) is 0 Å². The number of hydrogen-bond donors (Lipinski definition) is 2. The van der Waals surface area contributed by atoms with Crippen molar-refractivity contribution in [1.29, 1.82) is 0 Å². The topological polar surface area (TPSA) is 106 Å². The molecule has 2 atom stereocenters. The van der Waals surface area contributed by atoms with E-state index in [1.807, 2.05) is 18.3 Å². The number of carbonyl (C=O) groups excluding carboxylic acids is 2. The maximum Gasteiger partial charge on any atom is 0.274 e. The quantitative estimate of drug-likeness (QED) is 0.594. The number of amides is 2. The maximum atomic E-state index is 13.1. The molecule has 0 radical (unpaired) electrons. The Bertz CT molecular complexity index is 1090. The largest absolute Gasteiger partial charge is 0.350 e. The van der Waals surface area contributed by atoms with E-state index in [-0.39, 0.29) is 23.8 Å². The molecule has 4 heterocycles. The van der Waals surface area contributed by atoms with E-state index in [9.17, 15) is 9.59 Å². The SMILES string of the molecule is CC(C)CC(CNC(=O)c1cccc2nc(C(=O)N3CC[C@@H](N)C3)cn12)c1cccnc1. The lowest BCUT2D eigenvalue weighted by atomic mass is 9.91. The van der Waals surface area contributed by atoms with E-state index in [1.54, 1.807) is 39.9 Å². The standard InChI is InChI=1S/C24H30N6O2/c1-16(2)11-18(17-5-4-9-26-12-17)13-27-23(31)21-6-3-7-22-28-20(15-30(21)22)24(32)29-10-8-19(25)14-29/h3-7,9,12,15-16,18-19H,8,10-11,13-14,25H2,1-2H3,(H,27,31)/t18?,19-/m1/s1. The van der Waals surface area contributed by atoms with Crippen LogP contribution >= 0.6 is 0 Å². The van der Waals surface area contributed by atoms with Crippen molar-refractivity contribution in [3.63, 3.8) is 0 Å². The average molecular weight is 435 g/mol. The molecule has 0 spiro atoms. The van der Waals surface area contributed by atoms with Crippen LogP contribution in [-0.2, 0) is 0 Å². The molecule has 3 N–H and O–H groups in total. The van der Waals surface area contributed by atoms with Gasteiger partial charge in [-0.1, -0.05) is 26.0 Å². The molecule has 2 amide bonds. The first kappa shape index (κ1) is 22.0. The average Bonchev–Trinajstić information content (AvgIpc) is 3.42. The van der Waals surface area contributed by atoms with Gasteiger partial charge >= 0.3 is 0 Å². The molecule has 0 aliphatic carbocycles. The van der Waals surface area contributed by atoms with Crippen molar-refractivity contribution in [2.24, 2.45) is 11.7 Å². The van der Waals surface area contributed by atoms with E-state index in [0.717, 1.165) is 18.4 Å². The van der Waals surface area contributed by atoms with Gasteiger partial charge in [0.1, 0.15) is 17.0 Å². The number of nitrogens with one attached hydrogen (secondary N) is 1. The van der Waals surface area contributed by atoms with E-state index >= 15 is 0 Å². The van der Waals surface area contributed by atoms with Gasteiger partial charge in [-0.3, -0.25) is 19.0 Å². The van der Waals surface area contributed by atoms with Crippen molar-refractivity contribution in [1.82, 2.24) is 24.6 Å². The summed E-state index contributed by atoms with van der Waals surface area (Å²) in [6.45, 7) is 6.01. The van der Waals surface area contributed by atoms with Crippen LogP contribution in [0, 0.1) is 5.92 Å². The molecule has 3 aromatic heterocycles. The molecule has 1 saturated heterocycles. The number of likely N-dealkylation sites (tertiary alicyclic amines) is 1. The molecule has 8 nitrogen and oxygen atoms in total. The molecule has 1 unspecified atom stereocenters. The van der Waals surface area contributed by atoms with Gasteiger partial charge in [0.25, 0.3) is 11.8 Å². The second kappa shape index (κ2) is 9.48. The lowest BCUT2D eigenvalue weighted by molar-refractivity contribution is 0.0785. The molecule has 1 fully saturated rings. The Labute approximate surface area is 187 Å². The predicted octanol–water partition coefficient (Wildman–Crippen LogP) is 2.46. The normalized spacial score (nSPS) is 17.1. The Morgan fingerprint density at radius 2 is 2.09 bits per heavy atom. The number of nitrogens with two attached hydrogens (primary N) is 1. The van der Waals surface area contributed by atoms with E-state index in [2.05, 4.69) is 29.1 Å². The van der Waals surface area contributed by atoms with Crippen molar-refractivity contribution in [2.75, 3.05) is 19.6 Å². The summed E-state index contributed by atoms with van der Waals surface area (Å²) in [6, 6.07) is 9.29. The smallest absolute Gasteiger partial charge is 0.274 e. The highest BCUT2D eigenvalue weighted by Gasteiger charge is 2.26. The molecule has 168 valence electrons. The summed E-state index contributed by atoms with van der Waals surface area (Å²) in [5.74, 6) is 0.307. The Hall–Kier alpha value is -3.26. The summed E-state index contributed by atoms with van der Waals surface area (Å²) < 4.78 is 1.68. The number of carbonyl (C=O) groups is 2. The fraction of sp³-hybridized carbons (Fsp3) is 0.417. The van der Waals surface area contributed by atoms with E-state index in [0.29, 0.717) is 42.6 Å². The minimum atomic E-state index is -0.201. The zero-order valence-corrected chi connectivity index (χ0v) is 18.6. The summed E-state index contributed by atoms with van der Waals surface area (Å²) in [6.07, 6.45) is 6.99. The third kappa shape index (κ3) is 4.80. The molecule has 1 aliphatic rings. The molecule has 3 aromatic rings. The van der Waals surface area contributed by atoms with Crippen molar-refractivity contribution >= 4 is 17.5 Å². The van der Waals surface area contributed by atoms with E-state index in [1.165, 1.54) is 0 Å². The van der Waals surface area contributed by atoms with Gasteiger partial charge < -0.3 is 16.0 Å². The molecule has 8 heteroatoms. The van der Waals surface area contributed by atoms with E-state index in [4.69, 9.17) is 5.73 Å². The van der Waals surface area contributed by atoms with Crippen molar-refractivity contribution < 1.29 is 9.59 Å². The third-order valence-corrected chi connectivity index (χ3v) is 5.88. The highest BCUT2D eigenvalue weighted by Crippen LogP contribution is 2.22. The van der Waals surface area contributed by atoms with E-state index < -0.39 is 0 Å². The number of pyridine rings is 2. The summed E-state index contributed by atoms with van der Waals surface area (Å²) in [5.41, 5.74) is 8.38. The minimum absolute atomic E-state index is 0.0101. The first-order valence-electron chi connectivity index (χ1n) is 11.1. The van der Waals surface area contributed by atoms with Gasteiger partial charge in [-0.15, -0.1) is 0 Å². The number of hydrogen-bond acceptors (Lipinski definition) is 5. The zero-order chi connectivity index (χ0) is 22.7. The number of nitrogens with zero attached hydrogens (tertiary/aromatic N) is 4. The lowest BCUT2D eigenvalue weighted by Crippen LogP contribution is -2.32.